The Labute approximate surface area is 117 Å². The minimum absolute atomic E-state index is 0.0455. The molecule has 3 rings (SSSR count). The maximum atomic E-state index is 13.1. The number of carbonyl (C=O) groups excluding carboxylic acids is 1. The molecule has 0 fully saturated rings. The fraction of sp³-hybridized carbons (Fsp3) is 0.235. The number of aryl methyl sites for hydroxylation is 1. The van der Waals surface area contributed by atoms with E-state index in [1.54, 1.807) is 13.0 Å². The zero-order valence-electron chi connectivity index (χ0n) is 11.4. The molecule has 0 saturated heterocycles. The number of hydrogen-bond acceptors (Lipinski definition) is 2. The molecule has 0 aliphatic carbocycles. The van der Waals surface area contributed by atoms with E-state index in [0.717, 1.165) is 19.5 Å². The molecule has 20 heavy (non-hydrogen) atoms. The first kappa shape index (κ1) is 13.0. The van der Waals surface area contributed by atoms with Crippen LogP contribution >= 0.6 is 0 Å². The van der Waals surface area contributed by atoms with Gasteiger partial charge in [0, 0.05) is 17.7 Å². The predicted molar refractivity (Wildman–Crippen MR) is 76.4 cm³/mol. The fourth-order valence-electron chi connectivity index (χ4n) is 2.66. The van der Waals surface area contributed by atoms with Crippen LogP contribution in [0.2, 0.25) is 0 Å². The van der Waals surface area contributed by atoms with Crippen molar-refractivity contribution in [3.05, 3.63) is 70.0 Å². The van der Waals surface area contributed by atoms with Gasteiger partial charge in [0.1, 0.15) is 5.82 Å². The molecule has 2 aromatic rings. The highest BCUT2D eigenvalue weighted by atomic mass is 19.1. The Morgan fingerprint density at radius 3 is 2.80 bits per heavy atom. The lowest BCUT2D eigenvalue weighted by Crippen LogP contribution is -2.23. The van der Waals surface area contributed by atoms with Crippen LogP contribution in [-0.4, -0.2) is 12.3 Å². The van der Waals surface area contributed by atoms with Crippen molar-refractivity contribution in [2.24, 2.45) is 0 Å². The van der Waals surface area contributed by atoms with Gasteiger partial charge in [0.2, 0.25) is 0 Å². The highest BCUT2D eigenvalue weighted by molar-refractivity contribution is 6.10. The van der Waals surface area contributed by atoms with Gasteiger partial charge in [-0.2, -0.15) is 0 Å². The summed E-state index contributed by atoms with van der Waals surface area (Å²) < 4.78 is 13.1. The third-order valence-corrected chi connectivity index (χ3v) is 3.79. The van der Waals surface area contributed by atoms with Crippen LogP contribution in [0, 0.1) is 12.7 Å². The topological polar surface area (TPSA) is 29.1 Å². The number of nitrogens with one attached hydrogen (secondary N) is 1. The van der Waals surface area contributed by atoms with Crippen molar-refractivity contribution < 1.29 is 9.18 Å². The Morgan fingerprint density at radius 1 is 1.15 bits per heavy atom. The van der Waals surface area contributed by atoms with Gasteiger partial charge >= 0.3 is 0 Å². The molecule has 1 aliphatic heterocycles. The van der Waals surface area contributed by atoms with Crippen molar-refractivity contribution in [3.63, 3.8) is 0 Å². The largest absolute Gasteiger partial charge is 0.312 e. The van der Waals surface area contributed by atoms with Crippen molar-refractivity contribution >= 4 is 5.78 Å². The van der Waals surface area contributed by atoms with Crippen LogP contribution < -0.4 is 5.32 Å². The van der Waals surface area contributed by atoms with Gasteiger partial charge in [-0.1, -0.05) is 12.1 Å². The van der Waals surface area contributed by atoms with E-state index in [0.29, 0.717) is 16.7 Å². The van der Waals surface area contributed by atoms with Crippen LogP contribution in [0.15, 0.2) is 36.4 Å². The van der Waals surface area contributed by atoms with Crippen molar-refractivity contribution in [3.8, 4) is 0 Å². The van der Waals surface area contributed by atoms with E-state index < -0.39 is 0 Å². The SMILES string of the molecule is Cc1cc(F)ccc1C(=O)c1ccc2c(c1)CNCC2. The molecule has 1 N–H and O–H groups in total. The van der Waals surface area contributed by atoms with E-state index in [9.17, 15) is 9.18 Å². The lowest BCUT2D eigenvalue weighted by molar-refractivity contribution is 0.103. The zero-order valence-corrected chi connectivity index (χ0v) is 11.4. The summed E-state index contributed by atoms with van der Waals surface area (Å²) in [5.74, 6) is -0.357. The lowest BCUT2D eigenvalue weighted by atomic mass is 9.93. The summed E-state index contributed by atoms with van der Waals surface area (Å²) in [6, 6.07) is 10.1. The third-order valence-electron chi connectivity index (χ3n) is 3.79. The Kier molecular flexibility index (Phi) is 3.36. The van der Waals surface area contributed by atoms with Gasteiger partial charge in [0.15, 0.2) is 5.78 Å². The number of ketones is 1. The number of benzene rings is 2. The lowest BCUT2D eigenvalue weighted by Gasteiger charge is -2.17. The van der Waals surface area contributed by atoms with Gasteiger partial charge in [0.25, 0.3) is 0 Å². The number of hydrogen-bond donors (Lipinski definition) is 1. The third kappa shape index (κ3) is 2.37. The molecule has 0 saturated carbocycles. The highest BCUT2D eigenvalue weighted by Crippen LogP contribution is 2.20. The Hall–Kier alpha value is -2.00. The number of rotatable bonds is 2. The predicted octanol–water partition coefficient (Wildman–Crippen LogP) is 3.01. The molecule has 0 aromatic heterocycles. The first-order valence-corrected chi connectivity index (χ1v) is 6.78. The molecule has 3 heteroatoms. The Bertz CT molecular complexity index is 679. The summed E-state index contributed by atoms with van der Waals surface area (Å²) in [5, 5.41) is 3.30. The molecule has 0 amide bonds. The van der Waals surface area contributed by atoms with Gasteiger partial charge in [-0.05, 0) is 60.8 Å². The summed E-state index contributed by atoms with van der Waals surface area (Å²) in [5.41, 5.74) is 4.39. The second kappa shape index (κ2) is 5.17. The summed E-state index contributed by atoms with van der Waals surface area (Å²) in [4.78, 5) is 12.5. The van der Waals surface area contributed by atoms with Crippen LogP contribution in [0.5, 0.6) is 0 Å². The summed E-state index contributed by atoms with van der Waals surface area (Å²) in [7, 11) is 0. The standard InChI is InChI=1S/C17H16FNO/c1-11-8-15(18)4-5-16(11)17(20)13-3-2-12-6-7-19-10-14(12)9-13/h2-5,8-9,19H,6-7,10H2,1H3. The van der Waals surface area contributed by atoms with E-state index in [1.807, 2.05) is 18.2 Å². The molecule has 1 heterocycles. The van der Waals surface area contributed by atoms with Gasteiger partial charge in [-0.3, -0.25) is 4.79 Å². The van der Waals surface area contributed by atoms with E-state index >= 15 is 0 Å². The number of halogens is 1. The highest BCUT2D eigenvalue weighted by Gasteiger charge is 2.15. The van der Waals surface area contributed by atoms with Crippen LogP contribution in [0.3, 0.4) is 0 Å². The molecule has 2 aromatic carbocycles. The van der Waals surface area contributed by atoms with Crippen LogP contribution in [0.4, 0.5) is 4.39 Å². The van der Waals surface area contributed by atoms with Crippen LogP contribution in [0.1, 0.15) is 32.6 Å². The van der Waals surface area contributed by atoms with Gasteiger partial charge < -0.3 is 5.32 Å². The molecular weight excluding hydrogens is 253 g/mol. The molecule has 0 unspecified atom stereocenters. The Balaban J connectivity index is 1.98. The number of carbonyl (C=O) groups is 1. The van der Waals surface area contributed by atoms with Gasteiger partial charge in [-0.25, -0.2) is 4.39 Å². The second-order valence-corrected chi connectivity index (χ2v) is 5.20. The first-order chi connectivity index (χ1) is 9.65. The smallest absolute Gasteiger partial charge is 0.193 e. The number of fused-ring (bicyclic) bond motifs is 1. The summed E-state index contributed by atoms with van der Waals surface area (Å²) in [6.07, 6.45) is 0.999. The van der Waals surface area contributed by atoms with Crippen LogP contribution in [-0.2, 0) is 13.0 Å². The zero-order chi connectivity index (χ0) is 14.1. The van der Waals surface area contributed by atoms with E-state index in [-0.39, 0.29) is 11.6 Å². The molecule has 0 spiro atoms. The molecule has 2 nitrogen and oxygen atoms in total. The summed E-state index contributed by atoms with van der Waals surface area (Å²) >= 11 is 0. The van der Waals surface area contributed by atoms with Crippen molar-refractivity contribution in [1.29, 1.82) is 0 Å². The second-order valence-electron chi connectivity index (χ2n) is 5.20. The maximum absolute atomic E-state index is 13.1. The van der Waals surface area contributed by atoms with E-state index in [2.05, 4.69) is 5.32 Å². The molecule has 0 bridgehead atoms. The minimum atomic E-state index is -0.311. The first-order valence-electron chi connectivity index (χ1n) is 6.78. The van der Waals surface area contributed by atoms with Gasteiger partial charge in [-0.15, -0.1) is 0 Å². The maximum Gasteiger partial charge on any atom is 0.193 e. The normalized spacial score (nSPS) is 13.9. The molecular formula is C17H16FNO. The summed E-state index contributed by atoms with van der Waals surface area (Å²) in [6.45, 7) is 3.55. The molecule has 0 radical (unpaired) electrons. The molecule has 102 valence electrons. The van der Waals surface area contributed by atoms with Crippen molar-refractivity contribution in [1.82, 2.24) is 5.32 Å². The average molecular weight is 269 g/mol. The average Bonchev–Trinajstić information content (AvgIpc) is 2.46. The minimum Gasteiger partial charge on any atom is -0.312 e. The fourth-order valence-corrected chi connectivity index (χ4v) is 2.66. The monoisotopic (exact) mass is 269 g/mol. The Morgan fingerprint density at radius 2 is 2.00 bits per heavy atom. The van der Waals surface area contributed by atoms with Crippen molar-refractivity contribution in [2.45, 2.75) is 19.9 Å². The molecule has 0 atom stereocenters. The van der Waals surface area contributed by atoms with Crippen molar-refractivity contribution in [2.75, 3.05) is 6.54 Å². The van der Waals surface area contributed by atoms with E-state index in [4.69, 9.17) is 0 Å². The quantitative estimate of drug-likeness (QED) is 0.849. The van der Waals surface area contributed by atoms with E-state index in [1.165, 1.54) is 23.3 Å². The molecule has 1 aliphatic rings. The van der Waals surface area contributed by atoms with Gasteiger partial charge in [0.05, 0.1) is 0 Å². The van der Waals surface area contributed by atoms with Crippen LogP contribution in [0.25, 0.3) is 0 Å².